The van der Waals surface area contributed by atoms with Crippen LogP contribution in [0.4, 0.5) is 11.8 Å². The molecule has 8 heteroatoms. The van der Waals surface area contributed by atoms with Crippen molar-refractivity contribution in [1.29, 1.82) is 0 Å². The van der Waals surface area contributed by atoms with Crippen LogP contribution in [-0.4, -0.2) is 46.1 Å². The summed E-state index contributed by atoms with van der Waals surface area (Å²) in [5.41, 5.74) is 6.83. The molecule has 0 aromatic carbocycles. The lowest BCUT2D eigenvalue weighted by Gasteiger charge is -2.18. The van der Waals surface area contributed by atoms with Crippen LogP contribution in [0, 0.1) is 0 Å². The first-order valence-corrected chi connectivity index (χ1v) is 5.95. The second-order valence-corrected chi connectivity index (χ2v) is 3.98. The first-order valence-electron chi connectivity index (χ1n) is 5.95. The van der Waals surface area contributed by atoms with Gasteiger partial charge in [-0.05, 0) is 6.92 Å². The van der Waals surface area contributed by atoms with Crippen LogP contribution in [-0.2, 0) is 9.53 Å². The lowest BCUT2D eigenvalue weighted by atomic mass is 10.3. The van der Waals surface area contributed by atoms with Crippen molar-refractivity contribution in [2.24, 2.45) is 0 Å². The molecule has 0 amide bonds. The topological polar surface area (TPSA) is 110 Å². The number of anilines is 2. The number of rotatable bonds is 5. The van der Waals surface area contributed by atoms with Gasteiger partial charge in [-0.2, -0.15) is 9.97 Å². The number of carbonyl (C=O) groups is 1. The average molecular weight is 264 g/mol. The highest BCUT2D eigenvalue weighted by atomic mass is 16.5. The van der Waals surface area contributed by atoms with Crippen molar-refractivity contribution >= 4 is 28.9 Å². The van der Waals surface area contributed by atoms with E-state index in [1.807, 2.05) is 11.9 Å². The number of imidazole rings is 1. The van der Waals surface area contributed by atoms with Gasteiger partial charge in [0.05, 0.1) is 19.4 Å². The number of esters is 1. The number of H-pyrrole nitrogens is 1. The Balaban J connectivity index is 2.14. The zero-order valence-electron chi connectivity index (χ0n) is 10.9. The minimum atomic E-state index is -0.239. The van der Waals surface area contributed by atoms with E-state index >= 15 is 0 Å². The van der Waals surface area contributed by atoms with Crippen molar-refractivity contribution in [3.63, 3.8) is 0 Å². The van der Waals surface area contributed by atoms with Gasteiger partial charge < -0.3 is 20.4 Å². The van der Waals surface area contributed by atoms with Gasteiger partial charge in [0.2, 0.25) is 5.95 Å². The second-order valence-electron chi connectivity index (χ2n) is 3.98. The summed E-state index contributed by atoms with van der Waals surface area (Å²) in [4.78, 5) is 28.3. The number of nitrogens with one attached hydrogen (secondary N) is 1. The average Bonchev–Trinajstić information content (AvgIpc) is 2.83. The van der Waals surface area contributed by atoms with E-state index in [0.717, 1.165) is 0 Å². The molecule has 3 N–H and O–H groups in total. The third kappa shape index (κ3) is 2.90. The summed E-state index contributed by atoms with van der Waals surface area (Å²) in [7, 11) is 1.82. The Kier molecular flexibility index (Phi) is 3.79. The lowest BCUT2D eigenvalue weighted by Crippen LogP contribution is -2.23. The van der Waals surface area contributed by atoms with Crippen LogP contribution in [0.25, 0.3) is 11.2 Å². The molecule has 2 heterocycles. The molecule has 0 unspecified atom stereocenters. The van der Waals surface area contributed by atoms with E-state index in [1.54, 1.807) is 6.92 Å². The third-order valence-electron chi connectivity index (χ3n) is 2.60. The summed E-state index contributed by atoms with van der Waals surface area (Å²) in [5, 5.41) is 0. The largest absolute Gasteiger partial charge is 0.466 e. The fourth-order valence-electron chi connectivity index (χ4n) is 1.71. The predicted octanol–water partition coefficient (Wildman–Crippen LogP) is 0.325. The van der Waals surface area contributed by atoms with Crippen molar-refractivity contribution < 1.29 is 9.53 Å². The van der Waals surface area contributed by atoms with Gasteiger partial charge >= 0.3 is 5.97 Å². The van der Waals surface area contributed by atoms with E-state index < -0.39 is 0 Å². The van der Waals surface area contributed by atoms with E-state index in [9.17, 15) is 4.79 Å². The van der Waals surface area contributed by atoms with Crippen LogP contribution in [0.5, 0.6) is 0 Å². The fourth-order valence-corrected chi connectivity index (χ4v) is 1.71. The monoisotopic (exact) mass is 264 g/mol. The smallest absolute Gasteiger partial charge is 0.307 e. The molecule has 2 aromatic rings. The van der Waals surface area contributed by atoms with Gasteiger partial charge in [-0.15, -0.1) is 0 Å². The summed E-state index contributed by atoms with van der Waals surface area (Å²) in [6, 6.07) is 0. The molecule has 2 rings (SSSR count). The SMILES string of the molecule is CCOC(=O)CCN(C)c1nc(N)nc2nc[nH]c12. The van der Waals surface area contributed by atoms with Crippen LogP contribution in [0.3, 0.4) is 0 Å². The maximum atomic E-state index is 11.3. The lowest BCUT2D eigenvalue weighted by molar-refractivity contribution is -0.142. The van der Waals surface area contributed by atoms with Crippen molar-refractivity contribution in [2.45, 2.75) is 13.3 Å². The molecule has 8 nitrogen and oxygen atoms in total. The normalized spacial score (nSPS) is 10.6. The molecule has 0 atom stereocenters. The van der Waals surface area contributed by atoms with Crippen LogP contribution in [0.15, 0.2) is 6.33 Å². The minimum absolute atomic E-state index is 0.151. The Morgan fingerprint density at radius 2 is 2.32 bits per heavy atom. The van der Waals surface area contributed by atoms with Gasteiger partial charge in [-0.1, -0.05) is 0 Å². The van der Waals surface area contributed by atoms with Gasteiger partial charge in [0.1, 0.15) is 5.52 Å². The first kappa shape index (κ1) is 13.1. The summed E-state index contributed by atoms with van der Waals surface area (Å²) in [5.74, 6) is 0.527. The molecule has 0 saturated heterocycles. The maximum Gasteiger partial charge on any atom is 0.307 e. The molecule has 0 saturated carbocycles. The molecule has 2 aromatic heterocycles. The fraction of sp³-hybridized carbons (Fsp3) is 0.455. The molecule has 0 aliphatic carbocycles. The number of hydrogen-bond donors (Lipinski definition) is 2. The quantitative estimate of drug-likeness (QED) is 0.748. The summed E-state index contributed by atoms with van der Waals surface area (Å²) >= 11 is 0. The number of nitrogens with two attached hydrogens (primary N) is 1. The number of nitrogens with zero attached hydrogens (tertiary/aromatic N) is 4. The molecule has 19 heavy (non-hydrogen) atoms. The molecule has 0 fully saturated rings. The van der Waals surface area contributed by atoms with Crippen LogP contribution >= 0.6 is 0 Å². The zero-order chi connectivity index (χ0) is 13.8. The Morgan fingerprint density at radius 1 is 1.53 bits per heavy atom. The van der Waals surface area contributed by atoms with Gasteiger partial charge in [0.15, 0.2) is 11.5 Å². The van der Waals surface area contributed by atoms with Crippen LogP contribution < -0.4 is 10.6 Å². The summed E-state index contributed by atoms with van der Waals surface area (Å²) < 4.78 is 4.88. The zero-order valence-corrected chi connectivity index (χ0v) is 10.9. The number of carbonyl (C=O) groups excluding carboxylic acids is 1. The molecule has 102 valence electrons. The van der Waals surface area contributed by atoms with E-state index in [-0.39, 0.29) is 18.3 Å². The van der Waals surface area contributed by atoms with E-state index in [0.29, 0.717) is 30.1 Å². The van der Waals surface area contributed by atoms with Gasteiger partial charge in [0.25, 0.3) is 0 Å². The van der Waals surface area contributed by atoms with Crippen LogP contribution in [0.2, 0.25) is 0 Å². The molecule has 0 bridgehead atoms. The number of nitrogen functional groups attached to an aromatic ring is 1. The van der Waals surface area contributed by atoms with Crippen molar-refractivity contribution in [2.75, 3.05) is 30.8 Å². The van der Waals surface area contributed by atoms with Crippen LogP contribution in [0.1, 0.15) is 13.3 Å². The molecule has 0 spiro atoms. The second kappa shape index (κ2) is 5.51. The first-order chi connectivity index (χ1) is 9.11. The molecular formula is C11H16N6O2. The number of aromatic amines is 1. The molecular weight excluding hydrogens is 248 g/mol. The maximum absolute atomic E-state index is 11.3. The van der Waals surface area contributed by atoms with E-state index in [2.05, 4.69) is 19.9 Å². The highest BCUT2D eigenvalue weighted by molar-refractivity contribution is 5.84. The van der Waals surface area contributed by atoms with E-state index in [4.69, 9.17) is 10.5 Å². The number of fused-ring (bicyclic) bond motifs is 1. The summed E-state index contributed by atoms with van der Waals surface area (Å²) in [6.45, 7) is 2.64. The summed E-state index contributed by atoms with van der Waals surface area (Å²) in [6.07, 6.45) is 1.81. The molecule has 0 radical (unpaired) electrons. The van der Waals surface area contributed by atoms with Gasteiger partial charge in [-0.3, -0.25) is 4.79 Å². The standard InChI is InChI=1S/C11H16N6O2/c1-3-19-7(18)4-5-17(2)10-8-9(14-6-13-8)15-11(12)16-10/h6H,3-5H2,1-2H3,(H3,12,13,14,15,16). The van der Waals surface area contributed by atoms with Gasteiger partial charge in [0, 0.05) is 13.6 Å². The van der Waals surface area contributed by atoms with E-state index in [1.165, 1.54) is 6.33 Å². The molecule has 0 aliphatic heterocycles. The van der Waals surface area contributed by atoms with Crippen molar-refractivity contribution in [3.8, 4) is 0 Å². The number of hydrogen-bond acceptors (Lipinski definition) is 7. The Morgan fingerprint density at radius 3 is 3.05 bits per heavy atom. The Labute approximate surface area is 110 Å². The van der Waals surface area contributed by atoms with Crippen molar-refractivity contribution in [3.05, 3.63) is 6.33 Å². The highest BCUT2D eigenvalue weighted by Crippen LogP contribution is 2.20. The number of ether oxygens (including phenoxy) is 1. The minimum Gasteiger partial charge on any atom is -0.466 e. The third-order valence-corrected chi connectivity index (χ3v) is 2.60. The Hall–Kier alpha value is -2.38. The number of aromatic nitrogens is 4. The van der Waals surface area contributed by atoms with Gasteiger partial charge in [-0.25, -0.2) is 4.98 Å². The predicted molar refractivity (Wildman–Crippen MR) is 70.6 cm³/mol. The highest BCUT2D eigenvalue weighted by Gasteiger charge is 2.13. The molecule has 0 aliphatic rings. The van der Waals surface area contributed by atoms with Crippen molar-refractivity contribution in [1.82, 2.24) is 19.9 Å². The Bertz CT molecular complexity index is 582.